The van der Waals surface area contributed by atoms with Gasteiger partial charge >= 0.3 is 103 Å². The Balaban J connectivity index is -0.000000000500. The van der Waals surface area contributed by atoms with Crippen LogP contribution in [0.3, 0.4) is 0 Å². The minimum atomic E-state index is 0. The molecule has 0 atom stereocenters. The molecule has 2 radical (unpaired) electrons. The monoisotopic (exact) mass is 400 g/mol. The molecule has 0 aliphatic rings. The predicted octanol–water partition coefficient (Wildman–Crippen LogP) is -0.478. The van der Waals surface area contributed by atoms with Gasteiger partial charge in [-0.1, -0.05) is 0 Å². The Labute approximate surface area is 117 Å². The Bertz CT molecular complexity index is 9.65. The van der Waals surface area contributed by atoms with Crippen LogP contribution in [0.5, 0.6) is 0 Å². The predicted molar refractivity (Wildman–Crippen MR) is 2.75 cm³/mol. The molecule has 0 aromatic rings. The Morgan fingerprint density at radius 2 is 0.714 bits per heavy atom. The van der Waals surface area contributed by atoms with Crippen LogP contribution >= 0.6 is 0 Å². The van der Waals surface area contributed by atoms with Crippen molar-refractivity contribution in [3.05, 3.63) is 0 Å². The zero-order valence-electron chi connectivity index (χ0n) is 2.99. The third-order valence-corrected chi connectivity index (χ3v) is 0. The van der Waals surface area contributed by atoms with Gasteiger partial charge in [0.05, 0.1) is 0 Å². The average molecular weight is 400 g/mol. The zero-order chi connectivity index (χ0) is 2.00. The fourth-order valence-corrected chi connectivity index (χ4v) is 0. The number of rotatable bonds is 0. The average Bonchev–Trinajstić information content (AvgIpc) is 1.00. The first-order valence-corrected chi connectivity index (χ1v) is 0.595. The van der Waals surface area contributed by atoms with E-state index < -0.39 is 0 Å². The second-order valence-electron chi connectivity index (χ2n) is 0. The summed E-state index contributed by atoms with van der Waals surface area (Å²) in [7, 11) is 0. The van der Waals surface area contributed by atoms with Crippen molar-refractivity contribution in [2.75, 3.05) is 0 Å². The molecular weight excluding hydrogens is 400 g/mol. The van der Waals surface area contributed by atoms with Crippen LogP contribution < -0.4 is 0 Å². The van der Waals surface area contributed by atoms with Gasteiger partial charge in [0.1, 0.15) is 0 Å². The summed E-state index contributed by atoms with van der Waals surface area (Å²) in [4.78, 5) is 0. The van der Waals surface area contributed by atoms with Crippen molar-refractivity contribution in [1.82, 2.24) is 0 Å². The molecule has 4 nitrogen and oxygen atoms in total. The Morgan fingerprint density at radius 3 is 0.714 bits per heavy atom. The van der Waals surface area contributed by atoms with Crippen LogP contribution in [0.25, 0.3) is 0 Å². The molecule has 7 heteroatoms. The first-order chi connectivity index (χ1) is 1.00. The van der Waals surface area contributed by atoms with Gasteiger partial charge in [0.25, 0.3) is 0 Å². The molecule has 0 saturated heterocycles. The van der Waals surface area contributed by atoms with Crippen LogP contribution in [0, 0.1) is 83.5 Å². The summed E-state index contributed by atoms with van der Waals surface area (Å²) in [5.74, 6) is 0. The summed E-state index contributed by atoms with van der Waals surface area (Å²) >= 11 is 2.00. The fourth-order valence-electron chi connectivity index (χ4n) is 0. The van der Waals surface area contributed by atoms with Gasteiger partial charge in [0, 0.05) is 0 Å². The second kappa shape index (κ2) is 64.9. The fraction of sp³-hybridized carbons (Fsp3) is 0. The topological polar surface area (TPSA) is 103 Å². The Kier molecular flexibility index (Phi) is 474. The van der Waals surface area contributed by atoms with E-state index in [-0.39, 0.29) is 99.9 Å². The summed E-state index contributed by atoms with van der Waals surface area (Å²) in [5.41, 5.74) is 0. The normalized spacial score (nSPS) is 0.714. The third kappa shape index (κ3) is 49.6. The molecule has 7 heavy (non-hydrogen) atoms. The third-order valence-electron chi connectivity index (χ3n) is 0. The van der Waals surface area contributed by atoms with E-state index in [0.29, 0.717) is 0 Å². The van der Waals surface area contributed by atoms with E-state index in [1.54, 1.807) is 0 Å². The van der Waals surface area contributed by atoms with Gasteiger partial charge in [-0.25, -0.2) is 0 Å². The molecule has 0 heterocycles. The molecule has 0 N–H and O–H groups in total. The first kappa shape index (κ1) is 51.1. The molecule has 0 amide bonds. The standard InChI is InChI=1S/2Ce.Fe.4O/q2*+3;;;3*-2. The minimum absolute atomic E-state index is 0. The molecule has 0 aliphatic heterocycles. The zero-order valence-corrected chi connectivity index (χ0v) is 10.4. The van der Waals surface area contributed by atoms with Crippen molar-refractivity contribution < 1.29 is 120 Å². The number of hydrogen-bond donors (Lipinski definition) is 0. The van der Waals surface area contributed by atoms with Gasteiger partial charge in [0.15, 0.2) is 0 Å². The molecule has 0 fully saturated rings. The van der Waals surface area contributed by atoms with Crippen LogP contribution in [-0.2, 0) is 36.2 Å². The SMILES string of the molecule is [Ce+3].[Ce+3].[O-2].[O-2].[O-2].[O]=[Fe]. The molecule has 0 aromatic carbocycles. The van der Waals surface area contributed by atoms with Gasteiger partial charge in [-0.3, -0.25) is 0 Å². The molecule has 0 saturated carbocycles. The summed E-state index contributed by atoms with van der Waals surface area (Å²) in [5, 5.41) is 0. The van der Waals surface area contributed by atoms with E-state index in [0.717, 1.165) is 0 Å². The summed E-state index contributed by atoms with van der Waals surface area (Å²) in [6.45, 7) is 0. The van der Waals surface area contributed by atoms with E-state index in [1.165, 1.54) is 0 Å². The van der Waals surface area contributed by atoms with E-state index in [2.05, 4.69) is 0 Å². The van der Waals surface area contributed by atoms with Crippen molar-refractivity contribution in [1.29, 1.82) is 0 Å². The Morgan fingerprint density at radius 1 is 0.714 bits per heavy atom. The molecule has 40 valence electrons. The molecule has 0 unspecified atom stereocenters. The van der Waals surface area contributed by atoms with Gasteiger partial charge < -0.3 is 16.4 Å². The summed E-state index contributed by atoms with van der Waals surface area (Å²) in [6, 6.07) is 0. The number of hydrogen-bond acceptors (Lipinski definition) is 1. The van der Waals surface area contributed by atoms with Crippen molar-refractivity contribution in [2.24, 2.45) is 0 Å². The van der Waals surface area contributed by atoms with Crippen LogP contribution in [0.15, 0.2) is 0 Å². The first-order valence-electron chi connectivity index (χ1n) is 0.144. The van der Waals surface area contributed by atoms with Crippen LogP contribution in [0.1, 0.15) is 0 Å². The molecule has 0 bridgehead atoms. The van der Waals surface area contributed by atoms with E-state index >= 15 is 0 Å². The molecule has 0 rings (SSSR count). The summed E-state index contributed by atoms with van der Waals surface area (Å²) in [6.07, 6.45) is 0. The van der Waals surface area contributed by atoms with Crippen LogP contribution in [0.2, 0.25) is 0 Å². The van der Waals surface area contributed by atoms with Crippen LogP contribution in [-0.4, -0.2) is 0 Å². The molecule has 0 spiro atoms. The van der Waals surface area contributed by atoms with Crippen molar-refractivity contribution >= 4 is 0 Å². The molecule has 0 aromatic heterocycles. The second-order valence-corrected chi connectivity index (χ2v) is 0. The van der Waals surface area contributed by atoms with Crippen molar-refractivity contribution in [3.63, 3.8) is 0 Å². The molecular formula is Ce2FeO4. The van der Waals surface area contributed by atoms with Crippen molar-refractivity contribution in [2.45, 2.75) is 0 Å². The van der Waals surface area contributed by atoms with Crippen molar-refractivity contribution in [3.8, 4) is 0 Å². The molecule has 0 aliphatic carbocycles. The summed E-state index contributed by atoms with van der Waals surface area (Å²) < 4.78 is 8.00. The van der Waals surface area contributed by atoms with Gasteiger partial charge in [-0.2, -0.15) is 0 Å². The van der Waals surface area contributed by atoms with Gasteiger partial charge in [-0.05, 0) is 0 Å². The maximum absolute atomic E-state index is 8.00. The Hall–Kier alpha value is 2.95. The quantitative estimate of drug-likeness (QED) is 0.504. The van der Waals surface area contributed by atoms with E-state index in [9.17, 15) is 0 Å². The maximum atomic E-state index is 8.00. The van der Waals surface area contributed by atoms with E-state index in [4.69, 9.17) is 3.83 Å². The van der Waals surface area contributed by atoms with Gasteiger partial charge in [-0.15, -0.1) is 0 Å². The van der Waals surface area contributed by atoms with Gasteiger partial charge in [0.2, 0.25) is 0 Å². The van der Waals surface area contributed by atoms with Crippen LogP contribution in [0.4, 0.5) is 0 Å². The van der Waals surface area contributed by atoms with E-state index in [1.807, 2.05) is 15.9 Å².